The van der Waals surface area contributed by atoms with Crippen LogP contribution in [0.25, 0.3) is 15.9 Å². The number of para-hydroxylation sites is 1. The van der Waals surface area contributed by atoms with Crippen LogP contribution in [0, 0.1) is 6.57 Å². The van der Waals surface area contributed by atoms with Crippen LogP contribution >= 0.6 is 0 Å². The minimum Gasteiger partial charge on any atom is -0.369 e. The van der Waals surface area contributed by atoms with E-state index in [0.29, 0.717) is 35.4 Å². The van der Waals surface area contributed by atoms with E-state index in [9.17, 15) is 8.42 Å². The van der Waals surface area contributed by atoms with Crippen molar-refractivity contribution >= 4 is 49.6 Å². The molecule has 1 saturated heterocycles. The maximum atomic E-state index is 12.2. The first-order valence-electron chi connectivity index (χ1n) is 12.5. The lowest BCUT2D eigenvalue weighted by atomic mass is 10.2. The predicted octanol–water partition coefficient (Wildman–Crippen LogP) is 4.57. The van der Waals surface area contributed by atoms with Crippen LogP contribution in [-0.4, -0.2) is 56.9 Å². The Morgan fingerprint density at radius 2 is 1.95 bits per heavy atom. The average Bonchev–Trinajstić information content (AvgIpc) is 3.29. The van der Waals surface area contributed by atoms with Crippen LogP contribution < -0.4 is 19.8 Å². The van der Waals surface area contributed by atoms with Gasteiger partial charge in [-0.3, -0.25) is 4.31 Å². The first kappa shape index (κ1) is 25.6. The number of hydrogen-bond donors (Lipinski definition) is 2. The number of nitrogens with zero attached hydrogens (tertiary/aromatic N) is 5. The van der Waals surface area contributed by atoms with Crippen molar-refractivity contribution in [1.29, 1.82) is 0 Å². The quantitative estimate of drug-likeness (QED) is 0.341. The molecule has 9 nitrogen and oxygen atoms in total. The largest absolute Gasteiger partial charge is 0.369 e. The van der Waals surface area contributed by atoms with Gasteiger partial charge in [-0.1, -0.05) is 18.2 Å². The third-order valence-corrected chi connectivity index (χ3v) is 8.06. The van der Waals surface area contributed by atoms with E-state index in [-0.39, 0.29) is 0 Å². The SMILES string of the molecule is [C-]#[N+]c1cc2ccn(Cc3ccccc3N(C)S(C)(=O)=O)c2nc1Nc1ccc(N2CCN[C@H](C)C2)cc1. The molecule has 0 saturated carbocycles. The zero-order valence-corrected chi connectivity index (χ0v) is 22.5. The number of sulfonamides is 1. The molecular weight excluding hydrogens is 498 g/mol. The van der Waals surface area contributed by atoms with Gasteiger partial charge in [0.05, 0.1) is 25.1 Å². The number of benzene rings is 2. The van der Waals surface area contributed by atoms with Crippen LogP contribution in [0.1, 0.15) is 12.5 Å². The number of anilines is 4. The van der Waals surface area contributed by atoms with Gasteiger partial charge in [0, 0.05) is 55.7 Å². The summed E-state index contributed by atoms with van der Waals surface area (Å²) in [6.07, 6.45) is 3.10. The standard InChI is InChI=1S/C28H31N7O2S/c1-20-18-34(16-14-30-20)24-11-9-23(10-12-24)31-27-25(29-2)17-21-13-15-35(28(21)32-27)19-22-7-5-6-8-26(22)33(3)38(4,36)37/h5-13,15,17,20,30H,14,16,18-19H2,1,3-4H3,(H,31,32)/t20-/m1/s1. The maximum absolute atomic E-state index is 12.2. The van der Waals surface area contributed by atoms with E-state index >= 15 is 0 Å². The van der Waals surface area contributed by atoms with Crippen molar-refractivity contribution in [2.45, 2.75) is 19.5 Å². The highest BCUT2D eigenvalue weighted by Gasteiger charge is 2.18. The molecule has 10 heteroatoms. The second-order valence-electron chi connectivity index (χ2n) is 9.66. The number of hydrogen-bond acceptors (Lipinski definition) is 6. The van der Waals surface area contributed by atoms with Gasteiger partial charge in [0.15, 0.2) is 0 Å². The summed E-state index contributed by atoms with van der Waals surface area (Å²) in [5.74, 6) is 0.484. The molecule has 4 aromatic rings. The molecule has 0 unspecified atom stereocenters. The van der Waals surface area contributed by atoms with Gasteiger partial charge < -0.3 is 20.1 Å². The van der Waals surface area contributed by atoms with Gasteiger partial charge in [-0.05, 0) is 55.0 Å². The number of pyridine rings is 1. The van der Waals surface area contributed by atoms with Gasteiger partial charge in [0.2, 0.25) is 15.7 Å². The van der Waals surface area contributed by atoms with Gasteiger partial charge in [0.25, 0.3) is 0 Å². The van der Waals surface area contributed by atoms with E-state index in [4.69, 9.17) is 11.6 Å². The van der Waals surface area contributed by atoms with E-state index in [1.807, 2.05) is 53.2 Å². The number of rotatable bonds is 7. The lowest BCUT2D eigenvalue weighted by Gasteiger charge is -2.33. The highest BCUT2D eigenvalue weighted by Crippen LogP contribution is 2.32. The van der Waals surface area contributed by atoms with Crippen LogP contribution in [0.2, 0.25) is 0 Å². The molecule has 1 aliphatic rings. The Bertz CT molecular complexity index is 1610. The third-order valence-electron chi connectivity index (χ3n) is 6.87. The second kappa shape index (κ2) is 10.4. The van der Waals surface area contributed by atoms with Crippen LogP contribution in [0.15, 0.2) is 66.9 Å². The molecule has 0 bridgehead atoms. The Balaban J connectivity index is 1.43. The Morgan fingerprint density at radius 3 is 2.66 bits per heavy atom. The fraction of sp³-hybridized carbons (Fsp3) is 0.286. The fourth-order valence-corrected chi connectivity index (χ4v) is 5.31. The molecule has 0 aliphatic carbocycles. The van der Waals surface area contributed by atoms with E-state index in [1.54, 1.807) is 13.1 Å². The fourth-order valence-electron chi connectivity index (χ4n) is 4.78. The summed E-state index contributed by atoms with van der Waals surface area (Å²) in [4.78, 5) is 10.9. The van der Waals surface area contributed by atoms with E-state index in [2.05, 4.69) is 39.4 Å². The normalized spacial score (nSPS) is 15.8. The molecule has 5 rings (SSSR count). The monoisotopic (exact) mass is 529 g/mol. The molecule has 38 heavy (non-hydrogen) atoms. The zero-order valence-electron chi connectivity index (χ0n) is 21.7. The molecular formula is C28H31N7O2S. The molecule has 2 aromatic carbocycles. The van der Waals surface area contributed by atoms with E-state index in [1.165, 1.54) is 16.2 Å². The molecule has 0 spiro atoms. The summed E-state index contributed by atoms with van der Waals surface area (Å²) in [5, 5.41) is 7.64. The Hall–Kier alpha value is -4.07. The number of piperazine rings is 1. The van der Waals surface area contributed by atoms with Gasteiger partial charge in [-0.15, -0.1) is 0 Å². The van der Waals surface area contributed by atoms with E-state index in [0.717, 1.165) is 36.3 Å². The van der Waals surface area contributed by atoms with Crippen molar-refractivity contribution in [3.63, 3.8) is 0 Å². The smallest absolute Gasteiger partial charge is 0.232 e. The van der Waals surface area contributed by atoms with Crippen LogP contribution in [0.5, 0.6) is 0 Å². The van der Waals surface area contributed by atoms with Crippen molar-refractivity contribution in [3.05, 3.63) is 83.8 Å². The Morgan fingerprint density at radius 1 is 1.18 bits per heavy atom. The number of aromatic nitrogens is 2. The first-order valence-corrected chi connectivity index (χ1v) is 14.3. The van der Waals surface area contributed by atoms with Crippen LogP contribution in [-0.2, 0) is 16.6 Å². The van der Waals surface area contributed by atoms with Crippen LogP contribution in [0.3, 0.4) is 0 Å². The molecule has 1 fully saturated rings. The summed E-state index contributed by atoms with van der Waals surface area (Å²) in [6.45, 7) is 13.2. The predicted molar refractivity (Wildman–Crippen MR) is 154 cm³/mol. The summed E-state index contributed by atoms with van der Waals surface area (Å²) >= 11 is 0. The van der Waals surface area contributed by atoms with Crippen molar-refractivity contribution in [1.82, 2.24) is 14.9 Å². The summed E-state index contributed by atoms with van der Waals surface area (Å²) in [7, 11) is -1.85. The molecule has 196 valence electrons. The third kappa shape index (κ3) is 5.30. The molecule has 0 radical (unpaired) electrons. The van der Waals surface area contributed by atoms with Gasteiger partial charge in [0.1, 0.15) is 11.5 Å². The first-order chi connectivity index (χ1) is 18.2. The van der Waals surface area contributed by atoms with Gasteiger partial charge in [-0.2, -0.15) is 0 Å². The van der Waals surface area contributed by atoms with E-state index < -0.39 is 10.0 Å². The van der Waals surface area contributed by atoms with Crippen LogP contribution in [0.4, 0.5) is 28.6 Å². The Kier molecular flexibility index (Phi) is 6.97. The van der Waals surface area contributed by atoms with Crippen molar-refractivity contribution in [2.24, 2.45) is 0 Å². The maximum Gasteiger partial charge on any atom is 0.232 e. The number of nitrogens with one attached hydrogen (secondary N) is 2. The molecule has 2 aromatic heterocycles. The summed E-state index contributed by atoms with van der Waals surface area (Å²) < 4.78 is 27.6. The van der Waals surface area contributed by atoms with Crippen molar-refractivity contribution in [2.75, 3.05) is 47.5 Å². The molecule has 2 N–H and O–H groups in total. The molecule has 3 heterocycles. The molecule has 0 amide bonds. The zero-order chi connectivity index (χ0) is 26.9. The molecule has 1 atom stereocenters. The summed E-state index contributed by atoms with van der Waals surface area (Å²) in [5.41, 5.74) is 4.64. The number of fused-ring (bicyclic) bond motifs is 1. The minimum atomic E-state index is -3.40. The lowest BCUT2D eigenvalue weighted by molar-refractivity contribution is 0.485. The highest BCUT2D eigenvalue weighted by molar-refractivity contribution is 7.92. The highest BCUT2D eigenvalue weighted by atomic mass is 32.2. The van der Waals surface area contributed by atoms with Gasteiger partial charge in [-0.25, -0.2) is 18.2 Å². The second-order valence-corrected chi connectivity index (χ2v) is 11.7. The lowest BCUT2D eigenvalue weighted by Crippen LogP contribution is -2.49. The molecule has 1 aliphatic heterocycles. The van der Waals surface area contributed by atoms with Crippen molar-refractivity contribution in [3.8, 4) is 0 Å². The van der Waals surface area contributed by atoms with Crippen molar-refractivity contribution < 1.29 is 8.42 Å². The minimum absolute atomic E-state index is 0.432. The summed E-state index contributed by atoms with van der Waals surface area (Å²) in [6, 6.07) is 19.8. The Labute approximate surface area is 223 Å². The van der Waals surface area contributed by atoms with Gasteiger partial charge >= 0.3 is 0 Å². The topological polar surface area (TPSA) is 86.9 Å². The average molecular weight is 530 g/mol.